The zero-order chi connectivity index (χ0) is 20.1. The second kappa shape index (κ2) is 8.67. The molecule has 0 saturated heterocycles. The maximum Gasteiger partial charge on any atom is 0.348 e. The highest BCUT2D eigenvalue weighted by atomic mass is 32.1. The highest BCUT2D eigenvalue weighted by Crippen LogP contribution is 2.29. The Morgan fingerprint density at radius 3 is 2.46 bits per heavy atom. The standard InChI is InChI=1S/C21H20N2O4S/c1-3-27-21(26)19-11-16-10-17(8-9-18(16)28-19)23-20(25)15-6-4-14(5-7-15)12-22-13(2)24/h4-11H,3,12H2,1-2H3,(H,22,24)(H,23,25). The minimum Gasteiger partial charge on any atom is -0.462 e. The number of fused-ring (bicyclic) bond motifs is 1. The molecule has 0 radical (unpaired) electrons. The largest absolute Gasteiger partial charge is 0.462 e. The Morgan fingerprint density at radius 1 is 1.04 bits per heavy atom. The number of benzene rings is 2. The average Bonchev–Trinajstić information content (AvgIpc) is 3.10. The first-order valence-corrected chi connectivity index (χ1v) is 9.63. The van der Waals surface area contributed by atoms with E-state index in [4.69, 9.17) is 4.74 Å². The van der Waals surface area contributed by atoms with Gasteiger partial charge in [0.15, 0.2) is 0 Å². The van der Waals surface area contributed by atoms with Gasteiger partial charge < -0.3 is 15.4 Å². The fourth-order valence-electron chi connectivity index (χ4n) is 2.63. The first-order valence-electron chi connectivity index (χ1n) is 8.81. The molecule has 0 saturated carbocycles. The molecule has 0 aliphatic carbocycles. The van der Waals surface area contributed by atoms with Gasteiger partial charge in [0, 0.05) is 29.4 Å². The summed E-state index contributed by atoms with van der Waals surface area (Å²) in [5.41, 5.74) is 2.08. The van der Waals surface area contributed by atoms with Gasteiger partial charge in [-0.25, -0.2) is 4.79 Å². The van der Waals surface area contributed by atoms with Gasteiger partial charge in [0.1, 0.15) is 4.88 Å². The fourth-order valence-corrected chi connectivity index (χ4v) is 3.56. The van der Waals surface area contributed by atoms with Gasteiger partial charge in [-0.3, -0.25) is 9.59 Å². The molecule has 28 heavy (non-hydrogen) atoms. The summed E-state index contributed by atoms with van der Waals surface area (Å²) in [5, 5.41) is 6.45. The van der Waals surface area contributed by atoms with Crippen LogP contribution in [0.4, 0.5) is 5.69 Å². The van der Waals surface area contributed by atoms with Gasteiger partial charge in [-0.2, -0.15) is 0 Å². The van der Waals surface area contributed by atoms with Crippen LogP contribution in [-0.4, -0.2) is 24.4 Å². The molecule has 0 fully saturated rings. The number of thiophene rings is 1. The van der Waals surface area contributed by atoms with Gasteiger partial charge in [0.25, 0.3) is 5.91 Å². The van der Waals surface area contributed by atoms with Crippen molar-refractivity contribution in [3.05, 3.63) is 64.5 Å². The molecule has 0 bridgehead atoms. The summed E-state index contributed by atoms with van der Waals surface area (Å²) in [4.78, 5) is 35.8. The first-order chi connectivity index (χ1) is 13.5. The minimum absolute atomic E-state index is 0.100. The smallest absolute Gasteiger partial charge is 0.348 e. The molecule has 1 aromatic heterocycles. The van der Waals surface area contributed by atoms with Crippen molar-refractivity contribution in [2.45, 2.75) is 20.4 Å². The zero-order valence-corrected chi connectivity index (χ0v) is 16.4. The predicted octanol–water partition coefficient (Wildman–Crippen LogP) is 3.97. The first kappa shape index (κ1) is 19.6. The highest BCUT2D eigenvalue weighted by Gasteiger charge is 2.12. The van der Waals surface area contributed by atoms with E-state index in [0.29, 0.717) is 29.3 Å². The van der Waals surface area contributed by atoms with Gasteiger partial charge >= 0.3 is 5.97 Å². The summed E-state index contributed by atoms with van der Waals surface area (Å²) in [5.74, 6) is -0.670. The topological polar surface area (TPSA) is 84.5 Å². The molecule has 3 aromatic rings. The van der Waals surface area contributed by atoms with Crippen LogP contribution in [0, 0.1) is 0 Å². The van der Waals surface area contributed by atoms with E-state index < -0.39 is 0 Å². The Bertz CT molecular complexity index is 1020. The number of hydrogen-bond acceptors (Lipinski definition) is 5. The van der Waals surface area contributed by atoms with Crippen molar-refractivity contribution in [1.82, 2.24) is 5.32 Å². The van der Waals surface area contributed by atoms with Crippen LogP contribution in [0.5, 0.6) is 0 Å². The molecule has 0 spiro atoms. The number of nitrogens with one attached hydrogen (secondary N) is 2. The van der Waals surface area contributed by atoms with Crippen molar-refractivity contribution < 1.29 is 19.1 Å². The fraction of sp³-hybridized carbons (Fsp3) is 0.190. The molecule has 1 heterocycles. The monoisotopic (exact) mass is 396 g/mol. The van der Waals surface area contributed by atoms with Crippen LogP contribution in [0.2, 0.25) is 0 Å². The summed E-state index contributed by atoms with van der Waals surface area (Å²) >= 11 is 1.36. The summed E-state index contributed by atoms with van der Waals surface area (Å²) in [6.45, 7) is 3.99. The van der Waals surface area contributed by atoms with Gasteiger partial charge in [0.2, 0.25) is 5.91 Å². The molecule has 144 valence electrons. The lowest BCUT2D eigenvalue weighted by molar-refractivity contribution is -0.119. The SMILES string of the molecule is CCOC(=O)c1cc2cc(NC(=O)c3ccc(CNC(C)=O)cc3)ccc2s1. The van der Waals surface area contributed by atoms with Gasteiger partial charge in [0.05, 0.1) is 6.61 Å². The Balaban J connectivity index is 1.70. The van der Waals surface area contributed by atoms with Crippen LogP contribution in [-0.2, 0) is 16.1 Å². The highest BCUT2D eigenvalue weighted by molar-refractivity contribution is 7.20. The number of esters is 1. The van der Waals surface area contributed by atoms with E-state index in [1.165, 1.54) is 18.3 Å². The molecule has 2 amide bonds. The van der Waals surface area contributed by atoms with Gasteiger partial charge in [-0.05, 0) is 54.3 Å². The Morgan fingerprint density at radius 2 is 1.79 bits per heavy atom. The lowest BCUT2D eigenvalue weighted by Gasteiger charge is -2.07. The van der Waals surface area contributed by atoms with Gasteiger partial charge in [-0.15, -0.1) is 11.3 Å². The number of anilines is 1. The summed E-state index contributed by atoms with van der Waals surface area (Å²) < 4.78 is 5.98. The van der Waals surface area contributed by atoms with Crippen molar-refractivity contribution in [2.24, 2.45) is 0 Å². The molecule has 0 atom stereocenters. The lowest BCUT2D eigenvalue weighted by atomic mass is 10.1. The van der Waals surface area contributed by atoms with E-state index in [1.54, 1.807) is 43.3 Å². The quantitative estimate of drug-likeness (QED) is 0.618. The third-order valence-electron chi connectivity index (χ3n) is 4.01. The molecule has 6 nitrogen and oxygen atoms in total. The van der Waals surface area contributed by atoms with E-state index in [1.807, 2.05) is 12.1 Å². The molecule has 0 aliphatic heterocycles. The molecule has 0 aliphatic rings. The van der Waals surface area contributed by atoms with Crippen LogP contribution in [0.15, 0.2) is 48.5 Å². The summed E-state index contributed by atoms with van der Waals surface area (Å²) in [6.07, 6.45) is 0. The number of hydrogen-bond donors (Lipinski definition) is 2. The van der Waals surface area contributed by atoms with Gasteiger partial charge in [-0.1, -0.05) is 12.1 Å². The molecule has 3 rings (SSSR count). The second-order valence-corrected chi connectivity index (χ2v) is 7.23. The van der Waals surface area contributed by atoms with Crippen molar-refractivity contribution in [3.63, 3.8) is 0 Å². The average molecular weight is 396 g/mol. The number of ether oxygens (including phenoxy) is 1. The third-order valence-corrected chi connectivity index (χ3v) is 5.10. The van der Waals surface area contributed by atoms with Crippen LogP contribution in [0.1, 0.15) is 39.4 Å². The number of carbonyl (C=O) groups excluding carboxylic acids is 3. The summed E-state index contributed by atoms with van der Waals surface area (Å²) in [6, 6.07) is 14.3. The minimum atomic E-state index is -0.339. The van der Waals surface area contributed by atoms with Crippen LogP contribution >= 0.6 is 11.3 Å². The molecular weight excluding hydrogens is 376 g/mol. The van der Waals surface area contributed by atoms with E-state index in [-0.39, 0.29) is 17.8 Å². The maximum atomic E-state index is 12.5. The zero-order valence-electron chi connectivity index (χ0n) is 15.6. The van der Waals surface area contributed by atoms with Crippen LogP contribution in [0.25, 0.3) is 10.1 Å². The van der Waals surface area contributed by atoms with Crippen molar-refractivity contribution in [1.29, 1.82) is 0 Å². The van der Waals surface area contributed by atoms with Crippen molar-refractivity contribution >= 4 is 44.9 Å². The number of rotatable bonds is 6. The molecule has 0 unspecified atom stereocenters. The van der Waals surface area contributed by atoms with E-state index in [2.05, 4.69) is 10.6 Å². The normalized spacial score (nSPS) is 10.5. The summed E-state index contributed by atoms with van der Waals surface area (Å²) in [7, 11) is 0. The van der Waals surface area contributed by atoms with Crippen LogP contribution < -0.4 is 10.6 Å². The Labute approximate surface area is 166 Å². The van der Waals surface area contributed by atoms with E-state index in [9.17, 15) is 14.4 Å². The molecule has 2 aromatic carbocycles. The van der Waals surface area contributed by atoms with Crippen LogP contribution in [0.3, 0.4) is 0 Å². The molecular formula is C21H20N2O4S. The van der Waals surface area contributed by atoms with Crippen molar-refractivity contribution in [3.8, 4) is 0 Å². The Kier molecular flexibility index (Phi) is 6.06. The van der Waals surface area contributed by atoms with Crippen molar-refractivity contribution in [2.75, 3.05) is 11.9 Å². The molecule has 2 N–H and O–H groups in total. The number of carbonyl (C=O) groups is 3. The maximum absolute atomic E-state index is 12.5. The van der Waals surface area contributed by atoms with E-state index in [0.717, 1.165) is 15.6 Å². The Hall–Kier alpha value is -3.19. The van der Waals surface area contributed by atoms with E-state index >= 15 is 0 Å². The predicted molar refractivity (Wildman–Crippen MR) is 110 cm³/mol. The number of amides is 2. The lowest BCUT2D eigenvalue weighted by Crippen LogP contribution is -2.19. The second-order valence-electron chi connectivity index (χ2n) is 6.14. The molecule has 7 heteroatoms. The third kappa shape index (κ3) is 4.75.